The lowest BCUT2D eigenvalue weighted by atomic mass is 10.1. The molecule has 0 spiro atoms. The third-order valence-electron chi connectivity index (χ3n) is 1.98. The van der Waals surface area contributed by atoms with Crippen LogP contribution in [-0.4, -0.2) is 36.4 Å². The van der Waals surface area contributed by atoms with Crippen LogP contribution in [0.25, 0.3) is 0 Å². The van der Waals surface area contributed by atoms with Gasteiger partial charge in [-0.25, -0.2) is 9.59 Å². The van der Waals surface area contributed by atoms with Gasteiger partial charge in [0.25, 0.3) is 0 Å². The summed E-state index contributed by atoms with van der Waals surface area (Å²) in [6, 6.07) is 2.32. The minimum absolute atomic E-state index is 0. The van der Waals surface area contributed by atoms with Gasteiger partial charge in [0.2, 0.25) is 0 Å². The van der Waals surface area contributed by atoms with Crippen LogP contribution in [0.2, 0.25) is 0 Å². The predicted molar refractivity (Wildman–Crippen MR) is 60.7 cm³/mol. The van der Waals surface area contributed by atoms with Gasteiger partial charge in [-0.1, -0.05) is 0 Å². The highest BCUT2D eigenvalue weighted by molar-refractivity contribution is 5.98. The van der Waals surface area contributed by atoms with Gasteiger partial charge in [0.15, 0.2) is 11.5 Å². The lowest BCUT2D eigenvalue weighted by Gasteiger charge is -2.12. The number of aromatic carboxylic acids is 2. The second kappa shape index (κ2) is 5.95. The standard InChI is InChI=1S/C10H10O6.ClH/c1-15-7-5(9(11)12)3-4-6(10(13)14)8(7)16-2;/h3-4H,1-2H3,(H,11,12)(H,13,14);1H. The van der Waals surface area contributed by atoms with E-state index in [-0.39, 0.29) is 35.0 Å². The molecule has 0 aliphatic carbocycles. The Balaban J connectivity index is 0.00000256. The fourth-order valence-electron chi connectivity index (χ4n) is 1.30. The third kappa shape index (κ3) is 2.79. The van der Waals surface area contributed by atoms with Crippen LogP contribution in [0.15, 0.2) is 12.1 Å². The highest BCUT2D eigenvalue weighted by atomic mass is 35.5. The van der Waals surface area contributed by atoms with Crippen molar-refractivity contribution in [2.45, 2.75) is 0 Å². The molecule has 0 aliphatic heterocycles. The van der Waals surface area contributed by atoms with Gasteiger partial charge in [-0.15, -0.1) is 12.4 Å². The van der Waals surface area contributed by atoms with E-state index < -0.39 is 11.9 Å². The van der Waals surface area contributed by atoms with Gasteiger partial charge in [0, 0.05) is 0 Å². The third-order valence-corrected chi connectivity index (χ3v) is 1.98. The highest BCUT2D eigenvalue weighted by Crippen LogP contribution is 2.34. The molecule has 0 saturated heterocycles. The molecular weight excluding hydrogens is 252 g/mol. The summed E-state index contributed by atoms with van der Waals surface area (Å²) in [6.45, 7) is 0. The van der Waals surface area contributed by atoms with Gasteiger partial charge in [0.1, 0.15) is 11.1 Å². The molecule has 6 nitrogen and oxygen atoms in total. The molecule has 0 aliphatic rings. The predicted octanol–water partition coefficient (Wildman–Crippen LogP) is 1.52. The van der Waals surface area contributed by atoms with E-state index >= 15 is 0 Å². The number of ether oxygens (including phenoxy) is 2. The molecule has 0 unspecified atom stereocenters. The number of halogens is 1. The molecule has 1 aromatic rings. The highest BCUT2D eigenvalue weighted by Gasteiger charge is 2.22. The number of carboxylic acids is 2. The van der Waals surface area contributed by atoms with Gasteiger partial charge >= 0.3 is 11.9 Å². The summed E-state index contributed by atoms with van der Waals surface area (Å²) in [5.41, 5.74) is -0.297. The molecule has 0 aromatic heterocycles. The molecule has 0 heterocycles. The Bertz CT molecular complexity index is 402. The zero-order chi connectivity index (χ0) is 12.3. The van der Waals surface area contributed by atoms with Crippen molar-refractivity contribution in [2.75, 3.05) is 14.2 Å². The van der Waals surface area contributed by atoms with Gasteiger partial charge in [0.05, 0.1) is 14.2 Å². The second-order valence-electron chi connectivity index (χ2n) is 2.84. The van der Waals surface area contributed by atoms with Crippen LogP contribution >= 0.6 is 12.4 Å². The quantitative estimate of drug-likeness (QED) is 0.855. The van der Waals surface area contributed by atoms with Crippen LogP contribution in [-0.2, 0) is 0 Å². The zero-order valence-corrected chi connectivity index (χ0v) is 9.91. The largest absolute Gasteiger partial charge is 0.492 e. The Hall–Kier alpha value is -1.95. The molecular formula is C10H11ClO6. The first-order chi connectivity index (χ1) is 7.52. The number of benzene rings is 1. The van der Waals surface area contributed by atoms with E-state index in [2.05, 4.69) is 0 Å². The summed E-state index contributed by atoms with van der Waals surface area (Å²) in [5, 5.41) is 17.7. The minimum atomic E-state index is -1.22. The smallest absolute Gasteiger partial charge is 0.339 e. The van der Waals surface area contributed by atoms with Crippen molar-refractivity contribution in [3.63, 3.8) is 0 Å². The normalized spacial score (nSPS) is 9.06. The van der Waals surface area contributed by atoms with Crippen molar-refractivity contribution >= 4 is 24.3 Å². The van der Waals surface area contributed by atoms with Crippen molar-refractivity contribution in [2.24, 2.45) is 0 Å². The molecule has 0 atom stereocenters. The van der Waals surface area contributed by atoms with E-state index in [9.17, 15) is 9.59 Å². The monoisotopic (exact) mass is 262 g/mol. The van der Waals surface area contributed by atoms with E-state index in [0.717, 1.165) is 12.1 Å². The Kier molecular flexibility index (Phi) is 5.27. The Morgan fingerprint density at radius 1 is 0.941 bits per heavy atom. The molecule has 0 bridgehead atoms. The van der Waals surface area contributed by atoms with Gasteiger partial charge in [-0.05, 0) is 12.1 Å². The maximum Gasteiger partial charge on any atom is 0.339 e. The number of carboxylic acid groups (broad SMARTS) is 2. The van der Waals surface area contributed by atoms with Crippen molar-refractivity contribution in [3.05, 3.63) is 23.3 Å². The van der Waals surface area contributed by atoms with Crippen molar-refractivity contribution < 1.29 is 29.3 Å². The molecule has 0 fully saturated rings. The van der Waals surface area contributed by atoms with Crippen LogP contribution < -0.4 is 9.47 Å². The molecule has 2 N–H and O–H groups in total. The van der Waals surface area contributed by atoms with Crippen LogP contribution in [0.1, 0.15) is 20.7 Å². The zero-order valence-electron chi connectivity index (χ0n) is 9.09. The number of hydrogen-bond donors (Lipinski definition) is 2. The lowest BCUT2D eigenvalue weighted by molar-refractivity contribution is 0.0674. The average Bonchev–Trinajstić information content (AvgIpc) is 2.26. The molecule has 1 rings (SSSR count). The van der Waals surface area contributed by atoms with Gasteiger partial charge < -0.3 is 19.7 Å². The van der Waals surface area contributed by atoms with Gasteiger partial charge in [-0.2, -0.15) is 0 Å². The lowest BCUT2D eigenvalue weighted by Crippen LogP contribution is -2.07. The summed E-state index contributed by atoms with van der Waals surface area (Å²) in [5.74, 6) is -2.64. The molecule has 0 saturated carbocycles. The van der Waals surface area contributed by atoms with E-state index in [1.54, 1.807) is 0 Å². The minimum Gasteiger partial charge on any atom is -0.492 e. The van der Waals surface area contributed by atoms with E-state index in [1.165, 1.54) is 14.2 Å². The number of carbonyl (C=O) groups is 2. The summed E-state index contributed by atoms with van der Waals surface area (Å²) >= 11 is 0. The second-order valence-corrected chi connectivity index (χ2v) is 2.84. The molecule has 94 valence electrons. The summed E-state index contributed by atoms with van der Waals surface area (Å²) < 4.78 is 9.70. The number of rotatable bonds is 4. The Labute approximate surface area is 103 Å². The van der Waals surface area contributed by atoms with Crippen molar-refractivity contribution in [1.82, 2.24) is 0 Å². The van der Waals surface area contributed by atoms with Crippen molar-refractivity contribution in [3.8, 4) is 11.5 Å². The van der Waals surface area contributed by atoms with E-state index in [4.69, 9.17) is 19.7 Å². The maximum atomic E-state index is 10.8. The summed E-state index contributed by atoms with van der Waals surface area (Å²) in [7, 11) is 2.49. The van der Waals surface area contributed by atoms with Crippen LogP contribution in [0.3, 0.4) is 0 Å². The first kappa shape index (κ1) is 15.0. The van der Waals surface area contributed by atoms with Crippen LogP contribution in [0, 0.1) is 0 Å². The number of hydrogen-bond acceptors (Lipinski definition) is 4. The molecule has 1 aromatic carbocycles. The number of methoxy groups -OCH3 is 2. The fourth-order valence-corrected chi connectivity index (χ4v) is 1.30. The van der Waals surface area contributed by atoms with Gasteiger partial charge in [-0.3, -0.25) is 0 Å². The maximum absolute atomic E-state index is 10.8. The molecule has 0 radical (unpaired) electrons. The summed E-state index contributed by atoms with van der Waals surface area (Å²) in [6.07, 6.45) is 0. The molecule has 17 heavy (non-hydrogen) atoms. The van der Waals surface area contributed by atoms with Crippen LogP contribution in [0.5, 0.6) is 11.5 Å². The van der Waals surface area contributed by atoms with E-state index in [0.29, 0.717) is 0 Å². The Morgan fingerprint density at radius 2 is 1.24 bits per heavy atom. The summed E-state index contributed by atoms with van der Waals surface area (Å²) in [4.78, 5) is 21.7. The topological polar surface area (TPSA) is 93.1 Å². The SMILES string of the molecule is COc1c(C(=O)O)ccc(C(=O)O)c1OC.Cl. The average molecular weight is 263 g/mol. The molecule has 7 heteroatoms. The van der Waals surface area contributed by atoms with Crippen LogP contribution in [0.4, 0.5) is 0 Å². The van der Waals surface area contributed by atoms with E-state index in [1.807, 2.05) is 0 Å². The first-order valence-electron chi connectivity index (χ1n) is 4.24. The molecule has 0 amide bonds. The first-order valence-corrected chi connectivity index (χ1v) is 4.24. The fraction of sp³-hybridized carbons (Fsp3) is 0.200. The van der Waals surface area contributed by atoms with Crippen molar-refractivity contribution in [1.29, 1.82) is 0 Å². The Morgan fingerprint density at radius 3 is 1.41 bits per heavy atom.